The zero-order chi connectivity index (χ0) is 14.5. The molecule has 0 fully saturated rings. The van der Waals surface area contributed by atoms with E-state index in [0.29, 0.717) is 11.6 Å². The predicted octanol–water partition coefficient (Wildman–Crippen LogP) is 3.34. The summed E-state index contributed by atoms with van der Waals surface area (Å²) < 4.78 is 5.36. The lowest BCUT2D eigenvalue weighted by Gasteiger charge is -2.17. The van der Waals surface area contributed by atoms with Crippen LogP contribution in [0.25, 0.3) is 0 Å². The Hall–Kier alpha value is -1.71. The van der Waals surface area contributed by atoms with Crippen molar-refractivity contribution >= 4 is 11.6 Å². The van der Waals surface area contributed by atoms with E-state index in [1.165, 1.54) is 0 Å². The number of phenolic OH excluding ortho intramolecular Hbond substituents is 1. The second-order valence-corrected chi connectivity index (χ2v) is 5.12. The van der Waals surface area contributed by atoms with Gasteiger partial charge < -0.3 is 15.6 Å². The van der Waals surface area contributed by atoms with E-state index in [0.717, 1.165) is 23.3 Å². The molecule has 0 spiro atoms. The van der Waals surface area contributed by atoms with Crippen LogP contribution in [-0.2, 0) is 6.42 Å². The van der Waals surface area contributed by atoms with E-state index in [2.05, 4.69) is 0 Å². The van der Waals surface area contributed by atoms with Crippen LogP contribution in [0.5, 0.6) is 11.5 Å². The third-order valence-electron chi connectivity index (χ3n) is 3.36. The van der Waals surface area contributed by atoms with Crippen LogP contribution in [0.4, 0.5) is 0 Å². The van der Waals surface area contributed by atoms with Gasteiger partial charge in [-0.15, -0.1) is 0 Å². The highest BCUT2D eigenvalue weighted by atomic mass is 35.5. The number of aromatic hydroxyl groups is 1. The Morgan fingerprint density at radius 2 is 1.90 bits per heavy atom. The van der Waals surface area contributed by atoms with Crippen molar-refractivity contribution in [2.24, 2.45) is 5.73 Å². The van der Waals surface area contributed by atoms with Crippen LogP contribution in [0.2, 0.25) is 5.02 Å². The minimum absolute atomic E-state index is 0.156. The standard InChI is InChI=1S/C16H18ClNO2/c1-20-16-7-4-14(17)9-12(16)8-13(10-18)11-2-5-15(19)6-3-11/h2-7,9,13,19H,8,10,18H2,1H3. The zero-order valence-electron chi connectivity index (χ0n) is 11.3. The van der Waals surface area contributed by atoms with Crippen LogP contribution in [-0.4, -0.2) is 18.8 Å². The molecule has 1 atom stereocenters. The molecule has 0 saturated heterocycles. The van der Waals surface area contributed by atoms with Crippen molar-refractivity contribution in [2.75, 3.05) is 13.7 Å². The van der Waals surface area contributed by atoms with Crippen molar-refractivity contribution in [1.29, 1.82) is 0 Å². The Morgan fingerprint density at radius 1 is 1.20 bits per heavy atom. The van der Waals surface area contributed by atoms with Gasteiger partial charge in [0, 0.05) is 10.9 Å². The first-order chi connectivity index (χ1) is 9.63. The van der Waals surface area contributed by atoms with Crippen LogP contribution in [0, 0.1) is 0 Å². The number of hydrogen-bond acceptors (Lipinski definition) is 3. The van der Waals surface area contributed by atoms with Gasteiger partial charge in [0.25, 0.3) is 0 Å². The summed E-state index contributed by atoms with van der Waals surface area (Å²) in [5.41, 5.74) is 8.01. The Balaban J connectivity index is 2.26. The normalized spacial score (nSPS) is 12.2. The van der Waals surface area contributed by atoms with Gasteiger partial charge in [0.05, 0.1) is 7.11 Å². The molecule has 0 amide bonds. The largest absolute Gasteiger partial charge is 0.508 e. The molecule has 0 saturated carbocycles. The lowest BCUT2D eigenvalue weighted by atomic mass is 9.91. The molecule has 0 heterocycles. The summed E-state index contributed by atoms with van der Waals surface area (Å²) in [6.45, 7) is 0.514. The third-order valence-corrected chi connectivity index (χ3v) is 3.59. The van der Waals surface area contributed by atoms with Crippen molar-refractivity contribution in [3.8, 4) is 11.5 Å². The summed E-state index contributed by atoms with van der Waals surface area (Å²) in [5.74, 6) is 1.22. The number of benzene rings is 2. The fourth-order valence-corrected chi connectivity index (χ4v) is 2.45. The molecule has 0 aliphatic rings. The molecule has 3 N–H and O–H groups in total. The first-order valence-electron chi connectivity index (χ1n) is 6.45. The van der Waals surface area contributed by atoms with Crippen LogP contribution in [0.15, 0.2) is 42.5 Å². The number of methoxy groups -OCH3 is 1. The highest BCUT2D eigenvalue weighted by Crippen LogP contribution is 2.29. The van der Waals surface area contributed by atoms with Crippen molar-refractivity contribution < 1.29 is 9.84 Å². The van der Waals surface area contributed by atoms with Crippen molar-refractivity contribution in [1.82, 2.24) is 0 Å². The van der Waals surface area contributed by atoms with Crippen LogP contribution in [0.3, 0.4) is 0 Å². The molecule has 20 heavy (non-hydrogen) atoms. The molecule has 0 aliphatic heterocycles. The SMILES string of the molecule is COc1ccc(Cl)cc1CC(CN)c1ccc(O)cc1. The summed E-state index contributed by atoms with van der Waals surface area (Å²) in [6, 6.07) is 12.7. The Labute approximate surface area is 123 Å². The second-order valence-electron chi connectivity index (χ2n) is 4.68. The van der Waals surface area contributed by atoms with Crippen molar-refractivity contribution in [3.05, 3.63) is 58.6 Å². The number of rotatable bonds is 5. The Bertz CT molecular complexity index is 569. The van der Waals surface area contributed by atoms with E-state index in [-0.39, 0.29) is 11.7 Å². The predicted molar refractivity (Wildman–Crippen MR) is 81.6 cm³/mol. The Morgan fingerprint density at radius 3 is 2.50 bits per heavy atom. The number of hydrogen-bond donors (Lipinski definition) is 2. The molecular formula is C16H18ClNO2. The van der Waals surface area contributed by atoms with E-state index in [1.807, 2.05) is 30.3 Å². The maximum Gasteiger partial charge on any atom is 0.122 e. The lowest BCUT2D eigenvalue weighted by Crippen LogP contribution is -2.15. The minimum atomic E-state index is 0.156. The summed E-state index contributed by atoms with van der Waals surface area (Å²) in [5, 5.41) is 10.0. The molecule has 4 heteroatoms. The number of ether oxygens (including phenoxy) is 1. The molecular weight excluding hydrogens is 274 g/mol. The summed E-state index contributed by atoms with van der Waals surface area (Å²) in [6.07, 6.45) is 0.741. The van der Waals surface area contributed by atoms with E-state index in [4.69, 9.17) is 22.1 Å². The quantitative estimate of drug-likeness (QED) is 0.888. The molecule has 106 valence electrons. The fraction of sp³-hybridized carbons (Fsp3) is 0.250. The molecule has 2 aromatic carbocycles. The first-order valence-corrected chi connectivity index (χ1v) is 6.83. The van der Waals surface area contributed by atoms with Crippen molar-refractivity contribution in [3.63, 3.8) is 0 Å². The van der Waals surface area contributed by atoms with Gasteiger partial charge in [-0.2, -0.15) is 0 Å². The minimum Gasteiger partial charge on any atom is -0.508 e. The summed E-state index contributed by atoms with van der Waals surface area (Å²) in [4.78, 5) is 0. The van der Waals surface area contributed by atoms with Crippen LogP contribution >= 0.6 is 11.6 Å². The Kier molecular flexibility index (Phi) is 4.88. The van der Waals surface area contributed by atoms with E-state index < -0.39 is 0 Å². The highest BCUT2D eigenvalue weighted by Gasteiger charge is 2.14. The number of nitrogens with two attached hydrogens (primary N) is 1. The van der Waals surface area contributed by atoms with Gasteiger partial charge in [-0.1, -0.05) is 23.7 Å². The summed E-state index contributed by atoms with van der Waals surface area (Å²) >= 11 is 6.05. The molecule has 0 bridgehead atoms. The van der Waals surface area contributed by atoms with E-state index in [1.54, 1.807) is 19.2 Å². The van der Waals surface area contributed by atoms with Gasteiger partial charge >= 0.3 is 0 Å². The molecule has 2 aromatic rings. The highest BCUT2D eigenvalue weighted by molar-refractivity contribution is 6.30. The maximum absolute atomic E-state index is 9.35. The second kappa shape index (κ2) is 6.64. The lowest BCUT2D eigenvalue weighted by molar-refractivity contribution is 0.408. The van der Waals surface area contributed by atoms with Gasteiger partial charge in [-0.3, -0.25) is 0 Å². The van der Waals surface area contributed by atoms with Gasteiger partial charge in [-0.05, 0) is 54.4 Å². The average molecular weight is 292 g/mol. The average Bonchev–Trinajstić information content (AvgIpc) is 2.46. The monoisotopic (exact) mass is 291 g/mol. The summed E-state index contributed by atoms with van der Waals surface area (Å²) in [7, 11) is 1.64. The smallest absolute Gasteiger partial charge is 0.122 e. The first kappa shape index (κ1) is 14.7. The van der Waals surface area contributed by atoms with Gasteiger partial charge in [-0.25, -0.2) is 0 Å². The molecule has 1 unspecified atom stereocenters. The van der Waals surface area contributed by atoms with E-state index >= 15 is 0 Å². The molecule has 0 radical (unpaired) electrons. The van der Waals surface area contributed by atoms with Crippen molar-refractivity contribution in [2.45, 2.75) is 12.3 Å². The molecule has 3 nitrogen and oxygen atoms in total. The number of phenols is 1. The molecule has 2 rings (SSSR count). The topological polar surface area (TPSA) is 55.5 Å². The third kappa shape index (κ3) is 3.44. The van der Waals surface area contributed by atoms with E-state index in [9.17, 15) is 5.11 Å². The van der Waals surface area contributed by atoms with Gasteiger partial charge in [0.2, 0.25) is 0 Å². The van der Waals surface area contributed by atoms with Crippen LogP contribution < -0.4 is 10.5 Å². The molecule has 0 aromatic heterocycles. The zero-order valence-corrected chi connectivity index (χ0v) is 12.1. The fourth-order valence-electron chi connectivity index (χ4n) is 2.26. The van der Waals surface area contributed by atoms with Gasteiger partial charge in [0.15, 0.2) is 0 Å². The van der Waals surface area contributed by atoms with Gasteiger partial charge in [0.1, 0.15) is 11.5 Å². The maximum atomic E-state index is 9.35. The van der Waals surface area contributed by atoms with Crippen LogP contribution in [0.1, 0.15) is 17.0 Å². The molecule has 0 aliphatic carbocycles. The number of halogens is 1.